The predicted molar refractivity (Wildman–Crippen MR) is 250 cm³/mol. The molecule has 0 rings (SSSR count). The van der Waals surface area contributed by atoms with Crippen LogP contribution in [0.2, 0.25) is 0 Å². The van der Waals surface area contributed by atoms with Crippen molar-refractivity contribution in [1.29, 1.82) is 0 Å². The summed E-state index contributed by atoms with van der Waals surface area (Å²) >= 11 is 0. The molecule has 0 aliphatic carbocycles. The van der Waals surface area contributed by atoms with E-state index in [0.717, 1.165) is 44.9 Å². The van der Waals surface area contributed by atoms with Crippen LogP contribution in [0.3, 0.4) is 0 Å². The summed E-state index contributed by atoms with van der Waals surface area (Å²) in [7, 11) is 0. The van der Waals surface area contributed by atoms with Crippen LogP contribution in [0.25, 0.3) is 0 Å². The van der Waals surface area contributed by atoms with Gasteiger partial charge in [0.2, 0.25) is 5.91 Å². The lowest BCUT2D eigenvalue weighted by atomic mass is 10.0. The molecule has 58 heavy (non-hydrogen) atoms. The number of aliphatic hydroxyl groups is 2. The normalized spacial score (nSPS) is 12.7. The van der Waals surface area contributed by atoms with Gasteiger partial charge in [-0.15, -0.1) is 0 Å². The number of nitrogens with one attached hydrogen (secondary N) is 1. The quantitative estimate of drug-likeness (QED) is 0.0323. The number of allylic oxidation sites excluding steroid dienone is 2. The number of ether oxygens (including phenoxy) is 1. The first-order chi connectivity index (χ1) is 28.5. The van der Waals surface area contributed by atoms with E-state index in [9.17, 15) is 19.8 Å². The highest BCUT2D eigenvalue weighted by Gasteiger charge is 2.20. The fraction of sp³-hybridized carbons (Fsp3) is 0.923. The molecule has 0 aromatic carbocycles. The maximum atomic E-state index is 12.4. The first-order valence-corrected chi connectivity index (χ1v) is 25.9. The number of aliphatic hydroxyl groups excluding tert-OH is 2. The number of rotatable bonds is 48. The second-order valence-electron chi connectivity index (χ2n) is 17.9. The van der Waals surface area contributed by atoms with Crippen LogP contribution in [0.15, 0.2) is 12.2 Å². The number of amides is 1. The lowest BCUT2D eigenvalue weighted by Crippen LogP contribution is -2.45. The molecule has 6 heteroatoms. The van der Waals surface area contributed by atoms with Crippen molar-refractivity contribution >= 4 is 11.9 Å². The Bertz CT molecular complexity index is 863. The number of esters is 1. The van der Waals surface area contributed by atoms with E-state index in [1.54, 1.807) is 0 Å². The molecule has 6 nitrogen and oxygen atoms in total. The van der Waals surface area contributed by atoms with E-state index in [0.29, 0.717) is 25.9 Å². The smallest absolute Gasteiger partial charge is 0.305 e. The van der Waals surface area contributed by atoms with Gasteiger partial charge in [-0.2, -0.15) is 0 Å². The molecule has 0 saturated carbocycles. The zero-order valence-electron chi connectivity index (χ0n) is 39.0. The summed E-state index contributed by atoms with van der Waals surface area (Å²) in [4.78, 5) is 24.4. The molecule has 1 amide bonds. The van der Waals surface area contributed by atoms with Crippen molar-refractivity contribution in [2.24, 2.45) is 0 Å². The van der Waals surface area contributed by atoms with Crippen LogP contribution in [0, 0.1) is 0 Å². The summed E-state index contributed by atoms with van der Waals surface area (Å²) in [5, 5.41) is 23.1. The highest BCUT2D eigenvalue weighted by molar-refractivity contribution is 5.76. The third kappa shape index (κ3) is 44.2. The van der Waals surface area contributed by atoms with Crippen LogP contribution in [-0.4, -0.2) is 47.4 Å². The van der Waals surface area contributed by atoms with Crippen molar-refractivity contribution in [3.8, 4) is 0 Å². The van der Waals surface area contributed by atoms with E-state index in [1.807, 2.05) is 0 Å². The van der Waals surface area contributed by atoms with E-state index >= 15 is 0 Å². The van der Waals surface area contributed by atoms with Crippen LogP contribution in [0.5, 0.6) is 0 Å². The number of carbonyl (C=O) groups is 2. The van der Waals surface area contributed by atoms with Crippen LogP contribution >= 0.6 is 0 Å². The molecular formula is C52H101NO5. The van der Waals surface area contributed by atoms with Gasteiger partial charge in [0.05, 0.1) is 25.4 Å². The van der Waals surface area contributed by atoms with Crippen molar-refractivity contribution in [2.75, 3.05) is 13.2 Å². The Hall–Kier alpha value is -1.40. The second kappa shape index (κ2) is 48.3. The monoisotopic (exact) mass is 820 g/mol. The van der Waals surface area contributed by atoms with Crippen LogP contribution in [0.4, 0.5) is 0 Å². The average Bonchev–Trinajstić information content (AvgIpc) is 3.22. The Morgan fingerprint density at radius 3 is 1.22 bits per heavy atom. The summed E-state index contributed by atoms with van der Waals surface area (Å²) in [6.45, 7) is 4.91. The zero-order valence-corrected chi connectivity index (χ0v) is 39.0. The number of carbonyl (C=O) groups excluding carboxylic acids is 2. The van der Waals surface area contributed by atoms with Gasteiger partial charge in [0.1, 0.15) is 0 Å². The van der Waals surface area contributed by atoms with E-state index in [1.165, 1.54) is 205 Å². The Balaban J connectivity index is 3.39. The predicted octanol–water partition coefficient (Wildman–Crippen LogP) is 15.3. The summed E-state index contributed by atoms with van der Waals surface area (Å²) in [5.74, 6) is -0.0484. The minimum Gasteiger partial charge on any atom is -0.466 e. The third-order valence-corrected chi connectivity index (χ3v) is 12.1. The fourth-order valence-electron chi connectivity index (χ4n) is 8.05. The number of unbranched alkanes of at least 4 members (excludes halogenated alkanes) is 35. The molecule has 0 heterocycles. The van der Waals surface area contributed by atoms with Crippen molar-refractivity contribution in [1.82, 2.24) is 5.32 Å². The highest BCUT2D eigenvalue weighted by atomic mass is 16.5. The molecule has 0 bridgehead atoms. The molecule has 0 fully saturated rings. The Morgan fingerprint density at radius 2 is 0.810 bits per heavy atom. The van der Waals surface area contributed by atoms with Gasteiger partial charge >= 0.3 is 5.97 Å². The van der Waals surface area contributed by atoms with Gasteiger partial charge in [-0.3, -0.25) is 9.59 Å². The molecule has 344 valence electrons. The van der Waals surface area contributed by atoms with Crippen LogP contribution < -0.4 is 5.32 Å². The van der Waals surface area contributed by atoms with Crippen molar-refractivity contribution in [3.63, 3.8) is 0 Å². The SMILES string of the molecule is CCCCCCCC/C=C\CCCCCCCCCC(=O)OCCCCCCCCCCCCCCCCCC(=O)NC(CO)C(O)CCCCCCCCCCC. The standard InChI is InChI=1S/C52H101NO5/c1-3-5-7-9-11-13-14-15-16-17-20-23-26-30-34-38-42-46-52(57)58-47-43-39-35-31-27-24-21-18-19-22-25-29-33-37-41-45-51(56)53-49(48-54)50(55)44-40-36-32-28-12-10-8-6-4-2/h15-16,49-50,54-55H,3-14,17-48H2,1-2H3,(H,53,56)/b16-15-. The first-order valence-electron chi connectivity index (χ1n) is 25.9. The molecule has 0 aliphatic rings. The van der Waals surface area contributed by atoms with Gasteiger partial charge in [0.15, 0.2) is 0 Å². The fourth-order valence-corrected chi connectivity index (χ4v) is 8.05. The molecule has 0 aromatic heterocycles. The Labute approximate surface area is 361 Å². The maximum absolute atomic E-state index is 12.4. The second-order valence-corrected chi connectivity index (χ2v) is 17.9. The maximum Gasteiger partial charge on any atom is 0.305 e. The van der Waals surface area contributed by atoms with Crippen LogP contribution in [0.1, 0.15) is 284 Å². The molecule has 0 saturated heterocycles. The van der Waals surface area contributed by atoms with E-state index in [4.69, 9.17) is 4.74 Å². The molecular weight excluding hydrogens is 719 g/mol. The minimum atomic E-state index is -0.667. The van der Waals surface area contributed by atoms with Gasteiger partial charge in [0, 0.05) is 12.8 Å². The first kappa shape index (κ1) is 56.6. The van der Waals surface area contributed by atoms with Crippen molar-refractivity contribution < 1.29 is 24.5 Å². The summed E-state index contributed by atoms with van der Waals surface area (Å²) in [5.41, 5.74) is 0. The Kier molecular flexibility index (Phi) is 47.1. The van der Waals surface area contributed by atoms with Crippen LogP contribution in [-0.2, 0) is 14.3 Å². The lowest BCUT2D eigenvalue weighted by Gasteiger charge is -2.22. The number of hydrogen-bond donors (Lipinski definition) is 3. The summed E-state index contributed by atoms with van der Waals surface area (Å²) < 4.78 is 5.47. The zero-order chi connectivity index (χ0) is 42.3. The van der Waals surface area contributed by atoms with Gasteiger partial charge in [-0.05, 0) is 51.4 Å². The van der Waals surface area contributed by atoms with E-state index < -0.39 is 12.1 Å². The largest absolute Gasteiger partial charge is 0.466 e. The summed E-state index contributed by atoms with van der Waals surface area (Å²) in [6, 6.07) is -0.545. The molecule has 0 aromatic rings. The van der Waals surface area contributed by atoms with E-state index in [-0.39, 0.29) is 18.5 Å². The highest BCUT2D eigenvalue weighted by Crippen LogP contribution is 2.16. The van der Waals surface area contributed by atoms with Gasteiger partial charge in [-0.25, -0.2) is 0 Å². The molecule has 0 radical (unpaired) electrons. The van der Waals surface area contributed by atoms with E-state index in [2.05, 4.69) is 31.3 Å². The third-order valence-electron chi connectivity index (χ3n) is 12.1. The number of hydrogen-bond acceptors (Lipinski definition) is 5. The molecule has 2 unspecified atom stereocenters. The Morgan fingerprint density at radius 1 is 0.466 bits per heavy atom. The molecule has 0 spiro atoms. The molecule has 3 N–H and O–H groups in total. The summed E-state index contributed by atoms with van der Waals surface area (Å²) in [6.07, 6.45) is 54.7. The van der Waals surface area contributed by atoms with Crippen molar-refractivity contribution in [3.05, 3.63) is 12.2 Å². The minimum absolute atomic E-state index is 0.00278. The average molecular weight is 820 g/mol. The van der Waals surface area contributed by atoms with Gasteiger partial charge < -0.3 is 20.3 Å². The topological polar surface area (TPSA) is 95.9 Å². The van der Waals surface area contributed by atoms with Crippen molar-refractivity contribution in [2.45, 2.75) is 296 Å². The van der Waals surface area contributed by atoms with Gasteiger partial charge in [0.25, 0.3) is 0 Å². The molecule has 2 atom stereocenters. The lowest BCUT2D eigenvalue weighted by molar-refractivity contribution is -0.143. The van der Waals surface area contributed by atoms with Gasteiger partial charge in [-0.1, -0.05) is 231 Å². The molecule has 0 aliphatic heterocycles.